The Labute approximate surface area is 117 Å². The molecule has 1 saturated carbocycles. The van der Waals surface area contributed by atoms with Gasteiger partial charge in [0.05, 0.1) is 0 Å². The third-order valence-electron chi connectivity index (χ3n) is 5.02. The van der Waals surface area contributed by atoms with Gasteiger partial charge in [0.1, 0.15) is 0 Å². The molecular weight excluding hydrogens is 238 g/mol. The Morgan fingerprint density at radius 1 is 1.16 bits per heavy atom. The Bertz CT molecular complexity index is 334. The fraction of sp³-hybridized carbons (Fsp3) is 0.933. The first-order valence-electron chi connectivity index (χ1n) is 7.60. The number of carbonyl (C=O) groups is 1. The van der Waals surface area contributed by atoms with Crippen LogP contribution in [0, 0.1) is 0 Å². The number of nitrogens with two attached hydrogens (primary N) is 1. The van der Waals surface area contributed by atoms with Crippen LogP contribution in [0.3, 0.4) is 0 Å². The van der Waals surface area contributed by atoms with Crippen molar-refractivity contribution in [2.24, 2.45) is 5.73 Å². The lowest BCUT2D eigenvalue weighted by Crippen LogP contribution is -2.60. The molecule has 0 spiro atoms. The van der Waals surface area contributed by atoms with Gasteiger partial charge in [0.15, 0.2) is 0 Å². The molecule has 1 aliphatic carbocycles. The van der Waals surface area contributed by atoms with Crippen molar-refractivity contribution in [3.63, 3.8) is 0 Å². The monoisotopic (exact) mass is 267 g/mol. The average molecular weight is 267 g/mol. The van der Waals surface area contributed by atoms with Crippen LogP contribution in [-0.2, 0) is 4.79 Å². The van der Waals surface area contributed by atoms with Crippen molar-refractivity contribution >= 4 is 5.91 Å². The Kier molecular flexibility index (Phi) is 4.21. The van der Waals surface area contributed by atoms with Crippen LogP contribution < -0.4 is 5.73 Å². The summed E-state index contributed by atoms with van der Waals surface area (Å²) in [6, 6.07) is 0. The molecule has 0 aromatic rings. The highest BCUT2D eigenvalue weighted by atomic mass is 16.2. The predicted octanol–water partition coefficient (Wildman–Crippen LogP) is 1.59. The largest absolute Gasteiger partial charge is 0.340 e. The lowest BCUT2D eigenvalue weighted by atomic mass is 9.80. The maximum absolute atomic E-state index is 12.5. The van der Waals surface area contributed by atoms with Crippen LogP contribution >= 0.6 is 0 Å². The molecule has 2 fully saturated rings. The number of likely N-dealkylation sites (N-methyl/N-ethyl adjacent to an activating group) is 1. The Morgan fingerprint density at radius 3 is 2.37 bits per heavy atom. The van der Waals surface area contributed by atoms with Gasteiger partial charge in [-0.15, -0.1) is 0 Å². The zero-order valence-corrected chi connectivity index (χ0v) is 12.7. The van der Waals surface area contributed by atoms with E-state index in [-0.39, 0.29) is 17.0 Å². The summed E-state index contributed by atoms with van der Waals surface area (Å²) in [5, 5.41) is 0. The van der Waals surface area contributed by atoms with E-state index >= 15 is 0 Å². The SMILES string of the molecule is CN1CCN(C(=O)CC2(N)CCCCC2)CC1(C)C. The molecule has 110 valence electrons. The van der Waals surface area contributed by atoms with Crippen molar-refractivity contribution in [2.45, 2.75) is 63.5 Å². The van der Waals surface area contributed by atoms with E-state index in [4.69, 9.17) is 5.73 Å². The Balaban J connectivity index is 1.93. The molecule has 0 bridgehead atoms. The van der Waals surface area contributed by atoms with Crippen LogP contribution in [0.4, 0.5) is 0 Å². The first-order valence-corrected chi connectivity index (χ1v) is 7.60. The lowest BCUT2D eigenvalue weighted by molar-refractivity contribution is -0.137. The van der Waals surface area contributed by atoms with Crippen LogP contribution in [0.25, 0.3) is 0 Å². The number of amides is 1. The van der Waals surface area contributed by atoms with E-state index in [2.05, 4.69) is 25.8 Å². The van der Waals surface area contributed by atoms with E-state index in [0.29, 0.717) is 6.42 Å². The van der Waals surface area contributed by atoms with E-state index in [1.807, 2.05) is 4.90 Å². The third-order valence-corrected chi connectivity index (χ3v) is 5.02. The molecule has 1 heterocycles. The van der Waals surface area contributed by atoms with Gasteiger partial charge in [-0.2, -0.15) is 0 Å². The van der Waals surface area contributed by atoms with Crippen molar-refractivity contribution in [2.75, 3.05) is 26.7 Å². The Morgan fingerprint density at radius 2 is 1.79 bits per heavy atom. The summed E-state index contributed by atoms with van der Waals surface area (Å²) in [7, 11) is 2.13. The molecule has 4 nitrogen and oxygen atoms in total. The van der Waals surface area contributed by atoms with Gasteiger partial charge >= 0.3 is 0 Å². The van der Waals surface area contributed by atoms with Crippen LogP contribution in [-0.4, -0.2) is 53.5 Å². The minimum Gasteiger partial charge on any atom is -0.340 e. The van der Waals surface area contributed by atoms with Crippen LogP contribution in [0.2, 0.25) is 0 Å². The molecule has 1 amide bonds. The average Bonchev–Trinajstić information content (AvgIpc) is 2.33. The third kappa shape index (κ3) is 3.48. The van der Waals surface area contributed by atoms with Gasteiger partial charge in [0, 0.05) is 37.1 Å². The van der Waals surface area contributed by atoms with Gasteiger partial charge in [-0.05, 0) is 33.7 Å². The maximum atomic E-state index is 12.5. The van der Waals surface area contributed by atoms with E-state index in [0.717, 1.165) is 32.5 Å². The van der Waals surface area contributed by atoms with Crippen molar-refractivity contribution < 1.29 is 4.79 Å². The van der Waals surface area contributed by atoms with Gasteiger partial charge in [-0.25, -0.2) is 0 Å². The maximum Gasteiger partial charge on any atom is 0.224 e. The lowest BCUT2D eigenvalue weighted by Gasteiger charge is -2.46. The van der Waals surface area contributed by atoms with E-state index < -0.39 is 0 Å². The van der Waals surface area contributed by atoms with Gasteiger partial charge in [0.25, 0.3) is 0 Å². The normalized spacial score (nSPS) is 27.3. The fourth-order valence-electron chi connectivity index (χ4n) is 3.30. The van der Waals surface area contributed by atoms with Gasteiger partial charge < -0.3 is 10.6 Å². The van der Waals surface area contributed by atoms with E-state index in [9.17, 15) is 4.79 Å². The van der Waals surface area contributed by atoms with E-state index in [1.165, 1.54) is 19.3 Å². The highest BCUT2D eigenvalue weighted by Gasteiger charge is 2.36. The van der Waals surface area contributed by atoms with Gasteiger partial charge in [0.2, 0.25) is 5.91 Å². The molecule has 0 aromatic heterocycles. The molecule has 0 radical (unpaired) electrons. The zero-order chi connectivity index (χ0) is 14.1. The second-order valence-electron chi connectivity index (χ2n) is 7.15. The highest BCUT2D eigenvalue weighted by Crippen LogP contribution is 2.30. The molecule has 0 aromatic carbocycles. The van der Waals surface area contributed by atoms with Crippen molar-refractivity contribution in [3.8, 4) is 0 Å². The molecule has 0 unspecified atom stereocenters. The minimum atomic E-state index is -0.233. The molecule has 19 heavy (non-hydrogen) atoms. The summed E-state index contributed by atoms with van der Waals surface area (Å²) in [6.07, 6.45) is 6.18. The zero-order valence-electron chi connectivity index (χ0n) is 12.7. The number of rotatable bonds is 2. The first-order chi connectivity index (χ1) is 8.82. The summed E-state index contributed by atoms with van der Waals surface area (Å²) < 4.78 is 0. The second-order valence-corrected chi connectivity index (χ2v) is 7.15. The Hall–Kier alpha value is -0.610. The predicted molar refractivity (Wildman–Crippen MR) is 77.9 cm³/mol. The van der Waals surface area contributed by atoms with Gasteiger partial charge in [-0.3, -0.25) is 9.69 Å². The van der Waals surface area contributed by atoms with Gasteiger partial charge in [-0.1, -0.05) is 19.3 Å². The standard InChI is InChI=1S/C15H29N3O/c1-14(2)12-18(10-9-17(14)3)13(19)11-15(16)7-5-4-6-8-15/h4-12,16H2,1-3H3. The number of hydrogen-bond donors (Lipinski definition) is 1. The quantitative estimate of drug-likeness (QED) is 0.826. The van der Waals surface area contributed by atoms with E-state index in [1.54, 1.807) is 0 Å². The van der Waals surface area contributed by atoms with Crippen LogP contribution in [0.1, 0.15) is 52.4 Å². The molecule has 2 rings (SSSR count). The smallest absolute Gasteiger partial charge is 0.224 e. The summed E-state index contributed by atoms with van der Waals surface area (Å²) in [5.41, 5.74) is 6.24. The number of hydrogen-bond acceptors (Lipinski definition) is 3. The molecule has 2 N–H and O–H groups in total. The molecule has 1 aliphatic heterocycles. The summed E-state index contributed by atoms with van der Waals surface area (Å²) in [5.74, 6) is 0.255. The topological polar surface area (TPSA) is 49.6 Å². The number of nitrogens with zero attached hydrogens (tertiary/aromatic N) is 2. The summed E-state index contributed by atoms with van der Waals surface area (Å²) >= 11 is 0. The minimum absolute atomic E-state index is 0.0717. The number of piperazine rings is 1. The highest BCUT2D eigenvalue weighted by molar-refractivity contribution is 5.77. The summed E-state index contributed by atoms with van der Waals surface area (Å²) in [6.45, 7) is 7.01. The molecule has 1 saturated heterocycles. The molecule has 4 heteroatoms. The number of carbonyl (C=O) groups excluding carboxylic acids is 1. The van der Waals surface area contributed by atoms with Crippen LogP contribution in [0.15, 0.2) is 0 Å². The van der Waals surface area contributed by atoms with Crippen LogP contribution in [0.5, 0.6) is 0 Å². The van der Waals surface area contributed by atoms with Crippen molar-refractivity contribution in [3.05, 3.63) is 0 Å². The second kappa shape index (κ2) is 5.41. The molecule has 0 atom stereocenters. The first kappa shape index (κ1) is 14.8. The summed E-state index contributed by atoms with van der Waals surface area (Å²) in [4.78, 5) is 16.8. The fourth-order valence-corrected chi connectivity index (χ4v) is 3.30. The molecular formula is C15H29N3O. The molecule has 2 aliphatic rings. The van der Waals surface area contributed by atoms with Crippen molar-refractivity contribution in [1.82, 2.24) is 9.80 Å². The van der Waals surface area contributed by atoms with Crippen molar-refractivity contribution in [1.29, 1.82) is 0 Å².